The predicted molar refractivity (Wildman–Crippen MR) is 70.9 cm³/mol. The summed E-state index contributed by atoms with van der Waals surface area (Å²) in [6, 6.07) is 0. The van der Waals surface area contributed by atoms with E-state index in [0.29, 0.717) is 5.92 Å². The van der Waals surface area contributed by atoms with Crippen molar-refractivity contribution in [3.63, 3.8) is 0 Å². The Morgan fingerprint density at radius 1 is 1.24 bits per heavy atom. The summed E-state index contributed by atoms with van der Waals surface area (Å²) in [7, 11) is 0. The minimum absolute atomic E-state index is 0.564. The van der Waals surface area contributed by atoms with Crippen molar-refractivity contribution in [1.82, 2.24) is 9.97 Å². The highest BCUT2D eigenvalue weighted by atomic mass is 14.9. The van der Waals surface area contributed by atoms with E-state index in [0.717, 1.165) is 30.0 Å². The molecule has 1 aliphatic carbocycles. The minimum atomic E-state index is 0.564. The molecular weight excluding hydrogens is 210 g/mol. The second-order valence-electron chi connectivity index (χ2n) is 5.07. The average Bonchev–Trinajstić information content (AvgIpc) is 2.61. The maximum absolute atomic E-state index is 5.91. The summed E-state index contributed by atoms with van der Waals surface area (Å²) < 4.78 is 0. The Morgan fingerprint density at radius 2 is 1.94 bits per heavy atom. The summed E-state index contributed by atoms with van der Waals surface area (Å²) in [6.45, 7) is 2.16. The van der Waals surface area contributed by atoms with Crippen LogP contribution in [0.2, 0.25) is 0 Å². The van der Waals surface area contributed by atoms with E-state index in [1.807, 2.05) is 0 Å². The summed E-state index contributed by atoms with van der Waals surface area (Å²) in [5.74, 6) is 1.60. The second-order valence-corrected chi connectivity index (χ2v) is 5.07. The number of aryl methyl sites for hydroxylation is 1. The Balaban J connectivity index is 2.16. The van der Waals surface area contributed by atoms with Crippen LogP contribution in [0.1, 0.15) is 69.3 Å². The molecule has 0 aromatic carbocycles. The van der Waals surface area contributed by atoms with Gasteiger partial charge in [0.25, 0.3) is 0 Å². The molecule has 1 heterocycles. The van der Waals surface area contributed by atoms with E-state index < -0.39 is 0 Å². The lowest BCUT2D eigenvalue weighted by Crippen LogP contribution is -2.08. The third-order valence-electron chi connectivity index (χ3n) is 3.63. The van der Waals surface area contributed by atoms with Crippen molar-refractivity contribution < 1.29 is 0 Å². The summed E-state index contributed by atoms with van der Waals surface area (Å²) in [4.78, 5) is 9.14. The normalized spacial score (nSPS) is 17.9. The van der Waals surface area contributed by atoms with E-state index in [-0.39, 0.29) is 0 Å². The van der Waals surface area contributed by atoms with Gasteiger partial charge in [-0.15, -0.1) is 0 Å². The number of aromatic nitrogens is 2. The number of nitrogens with zero attached hydrogens (tertiary/aromatic N) is 2. The SMILES string of the molecule is CCCc1nc(C2CCCCCC2)ncc1N. The van der Waals surface area contributed by atoms with E-state index in [2.05, 4.69) is 11.9 Å². The van der Waals surface area contributed by atoms with E-state index in [4.69, 9.17) is 10.7 Å². The molecule has 0 amide bonds. The maximum atomic E-state index is 5.91. The van der Waals surface area contributed by atoms with Crippen molar-refractivity contribution in [3.05, 3.63) is 17.7 Å². The first-order valence-corrected chi connectivity index (χ1v) is 6.92. The van der Waals surface area contributed by atoms with Gasteiger partial charge in [0.2, 0.25) is 0 Å². The van der Waals surface area contributed by atoms with Crippen molar-refractivity contribution in [2.45, 2.75) is 64.2 Å². The van der Waals surface area contributed by atoms with Crippen LogP contribution in [-0.2, 0) is 6.42 Å². The van der Waals surface area contributed by atoms with Gasteiger partial charge in [0.15, 0.2) is 0 Å². The summed E-state index contributed by atoms with van der Waals surface area (Å²) >= 11 is 0. The number of nitrogen functional groups attached to an aromatic ring is 1. The van der Waals surface area contributed by atoms with Crippen LogP contribution >= 0.6 is 0 Å². The zero-order chi connectivity index (χ0) is 12.1. The first-order chi connectivity index (χ1) is 8.31. The molecule has 1 fully saturated rings. The lowest BCUT2D eigenvalue weighted by Gasteiger charge is -2.14. The van der Waals surface area contributed by atoms with Crippen molar-refractivity contribution in [2.24, 2.45) is 0 Å². The number of hydrogen-bond acceptors (Lipinski definition) is 3. The quantitative estimate of drug-likeness (QED) is 0.813. The van der Waals surface area contributed by atoms with Crippen LogP contribution in [0.3, 0.4) is 0 Å². The molecule has 0 bridgehead atoms. The van der Waals surface area contributed by atoms with Crippen LogP contribution < -0.4 is 5.73 Å². The highest BCUT2D eigenvalue weighted by Crippen LogP contribution is 2.30. The lowest BCUT2D eigenvalue weighted by molar-refractivity contribution is 0.557. The summed E-state index contributed by atoms with van der Waals surface area (Å²) in [6.07, 6.45) is 11.7. The molecule has 17 heavy (non-hydrogen) atoms. The number of anilines is 1. The fourth-order valence-electron chi connectivity index (χ4n) is 2.61. The lowest BCUT2D eigenvalue weighted by atomic mass is 9.99. The van der Waals surface area contributed by atoms with Gasteiger partial charge in [0.1, 0.15) is 5.82 Å². The molecule has 0 unspecified atom stereocenters. The van der Waals surface area contributed by atoms with Crippen LogP contribution in [0.5, 0.6) is 0 Å². The fourth-order valence-corrected chi connectivity index (χ4v) is 2.61. The van der Waals surface area contributed by atoms with Gasteiger partial charge >= 0.3 is 0 Å². The van der Waals surface area contributed by atoms with Crippen molar-refractivity contribution in [3.8, 4) is 0 Å². The van der Waals surface area contributed by atoms with Crippen LogP contribution in [-0.4, -0.2) is 9.97 Å². The topological polar surface area (TPSA) is 51.8 Å². The monoisotopic (exact) mass is 233 g/mol. The van der Waals surface area contributed by atoms with Gasteiger partial charge in [-0.2, -0.15) is 0 Å². The molecule has 0 radical (unpaired) electrons. The Morgan fingerprint density at radius 3 is 2.59 bits per heavy atom. The smallest absolute Gasteiger partial charge is 0.131 e. The Kier molecular flexibility index (Phi) is 4.35. The molecule has 3 nitrogen and oxygen atoms in total. The highest BCUT2D eigenvalue weighted by Gasteiger charge is 2.17. The van der Waals surface area contributed by atoms with Gasteiger partial charge in [0, 0.05) is 5.92 Å². The molecule has 1 aromatic heterocycles. The average molecular weight is 233 g/mol. The second kappa shape index (κ2) is 5.99. The van der Waals surface area contributed by atoms with Gasteiger partial charge in [0.05, 0.1) is 17.6 Å². The Hall–Kier alpha value is -1.12. The standard InChI is InChI=1S/C14H23N3/c1-2-7-13-12(15)10-16-14(17-13)11-8-5-3-4-6-9-11/h10-11H,2-9,15H2,1H3. The maximum Gasteiger partial charge on any atom is 0.131 e. The molecule has 94 valence electrons. The molecule has 1 saturated carbocycles. The summed E-state index contributed by atoms with van der Waals surface area (Å²) in [5.41, 5.74) is 7.71. The van der Waals surface area contributed by atoms with Crippen LogP contribution in [0.15, 0.2) is 6.20 Å². The van der Waals surface area contributed by atoms with Crippen LogP contribution in [0, 0.1) is 0 Å². The first kappa shape index (κ1) is 12.3. The minimum Gasteiger partial charge on any atom is -0.396 e. The molecule has 3 heteroatoms. The third-order valence-corrected chi connectivity index (χ3v) is 3.63. The summed E-state index contributed by atoms with van der Waals surface area (Å²) in [5, 5.41) is 0. The van der Waals surface area contributed by atoms with E-state index in [9.17, 15) is 0 Å². The molecule has 2 N–H and O–H groups in total. The van der Waals surface area contributed by atoms with Gasteiger partial charge < -0.3 is 5.73 Å². The highest BCUT2D eigenvalue weighted by molar-refractivity contribution is 5.40. The first-order valence-electron chi connectivity index (χ1n) is 6.92. The van der Waals surface area contributed by atoms with Gasteiger partial charge in [-0.05, 0) is 19.3 Å². The van der Waals surface area contributed by atoms with Crippen molar-refractivity contribution in [2.75, 3.05) is 5.73 Å². The molecule has 0 aliphatic heterocycles. The van der Waals surface area contributed by atoms with Gasteiger partial charge in [-0.25, -0.2) is 9.97 Å². The largest absolute Gasteiger partial charge is 0.396 e. The zero-order valence-electron chi connectivity index (χ0n) is 10.8. The third kappa shape index (κ3) is 3.18. The zero-order valence-corrected chi connectivity index (χ0v) is 10.8. The number of rotatable bonds is 3. The fraction of sp³-hybridized carbons (Fsp3) is 0.714. The van der Waals surface area contributed by atoms with E-state index in [1.165, 1.54) is 38.5 Å². The predicted octanol–water partition coefficient (Wildman–Crippen LogP) is 3.45. The molecule has 0 saturated heterocycles. The molecule has 0 spiro atoms. The van der Waals surface area contributed by atoms with E-state index in [1.54, 1.807) is 6.20 Å². The van der Waals surface area contributed by atoms with Crippen LogP contribution in [0.25, 0.3) is 0 Å². The van der Waals surface area contributed by atoms with Crippen molar-refractivity contribution in [1.29, 1.82) is 0 Å². The van der Waals surface area contributed by atoms with Crippen LogP contribution in [0.4, 0.5) is 5.69 Å². The number of hydrogen-bond donors (Lipinski definition) is 1. The van der Waals surface area contributed by atoms with Gasteiger partial charge in [-0.3, -0.25) is 0 Å². The molecular formula is C14H23N3. The molecule has 1 aliphatic rings. The molecule has 0 atom stereocenters. The van der Waals surface area contributed by atoms with Crippen molar-refractivity contribution >= 4 is 5.69 Å². The Labute approximate surface area is 104 Å². The van der Waals surface area contributed by atoms with E-state index >= 15 is 0 Å². The Bertz CT molecular complexity index is 354. The molecule has 1 aromatic rings. The molecule has 2 rings (SSSR count). The van der Waals surface area contributed by atoms with Gasteiger partial charge in [-0.1, -0.05) is 39.0 Å². The number of nitrogens with two attached hydrogens (primary N) is 1.